The average Bonchev–Trinajstić information content (AvgIpc) is 3.08. The number of imidazole rings is 1. The van der Waals surface area contributed by atoms with Crippen LogP contribution < -0.4 is 0 Å². The molecule has 1 atom stereocenters. The standard InChI is InChI=1S/C16H21N5O2/c1-13-18-5-4-14(19-13)15-11-21(9-10-23-15)16(22)3-2-7-20-8-6-17-12-20/h4-6,8,12,15H,2-3,7,9-11H2,1H3/t15-/m0/s1. The fourth-order valence-electron chi connectivity index (χ4n) is 2.70. The number of rotatable bonds is 5. The Balaban J connectivity index is 1.52. The average molecular weight is 315 g/mol. The molecule has 122 valence electrons. The van der Waals surface area contributed by atoms with Crippen molar-refractivity contribution in [2.75, 3.05) is 19.7 Å². The van der Waals surface area contributed by atoms with Crippen molar-refractivity contribution in [3.63, 3.8) is 0 Å². The summed E-state index contributed by atoms with van der Waals surface area (Å²) in [6.45, 7) is 4.40. The van der Waals surface area contributed by atoms with Crippen molar-refractivity contribution in [1.82, 2.24) is 24.4 Å². The van der Waals surface area contributed by atoms with Gasteiger partial charge >= 0.3 is 0 Å². The highest BCUT2D eigenvalue weighted by molar-refractivity contribution is 5.76. The lowest BCUT2D eigenvalue weighted by Crippen LogP contribution is -2.42. The Bertz CT molecular complexity index is 644. The number of carbonyl (C=O) groups is 1. The molecule has 3 heterocycles. The van der Waals surface area contributed by atoms with Gasteiger partial charge in [0.25, 0.3) is 0 Å². The third kappa shape index (κ3) is 4.13. The van der Waals surface area contributed by atoms with E-state index < -0.39 is 0 Å². The van der Waals surface area contributed by atoms with E-state index in [-0.39, 0.29) is 12.0 Å². The van der Waals surface area contributed by atoms with E-state index in [1.807, 2.05) is 28.7 Å². The zero-order valence-corrected chi connectivity index (χ0v) is 13.3. The number of carbonyl (C=O) groups excluding carboxylic acids is 1. The zero-order valence-electron chi connectivity index (χ0n) is 13.3. The highest BCUT2D eigenvalue weighted by Gasteiger charge is 2.26. The SMILES string of the molecule is Cc1nccc([C@@H]2CN(C(=O)CCCn3ccnc3)CCO2)n1. The maximum absolute atomic E-state index is 12.4. The van der Waals surface area contributed by atoms with Crippen LogP contribution in [0, 0.1) is 6.92 Å². The van der Waals surface area contributed by atoms with Crippen molar-refractivity contribution in [3.05, 3.63) is 42.5 Å². The Hall–Kier alpha value is -2.28. The second-order valence-electron chi connectivity index (χ2n) is 5.63. The molecule has 3 rings (SSSR count). The van der Waals surface area contributed by atoms with Crippen molar-refractivity contribution in [1.29, 1.82) is 0 Å². The number of aromatic nitrogens is 4. The van der Waals surface area contributed by atoms with Crippen LogP contribution in [0.25, 0.3) is 0 Å². The van der Waals surface area contributed by atoms with Crippen molar-refractivity contribution < 1.29 is 9.53 Å². The van der Waals surface area contributed by atoms with Gasteiger partial charge in [0, 0.05) is 38.1 Å². The first-order valence-corrected chi connectivity index (χ1v) is 7.87. The third-order valence-electron chi connectivity index (χ3n) is 3.91. The number of morpholine rings is 1. The molecule has 7 nitrogen and oxygen atoms in total. The summed E-state index contributed by atoms with van der Waals surface area (Å²) in [5.74, 6) is 0.888. The van der Waals surface area contributed by atoms with Crippen molar-refractivity contribution in [2.45, 2.75) is 32.4 Å². The van der Waals surface area contributed by atoms with Crippen LogP contribution >= 0.6 is 0 Å². The lowest BCUT2D eigenvalue weighted by atomic mass is 10.1. The molecule has 1 saturated heterocycles. The van der Waals surface area contributed by atoms with Crippen LogP contribution in [0.2, 0.25) is 0 Å². The predicted molar refractivity (Wildman–Crippen MR) is 83.5 cm³/mol. The highest BCUT2D eigenvalue weighted by atomic mass is 16.5. The summed E-state index contributed by atoms with van der Waals surface area (Å²) in [6.07, 6.45) is 8.34. The van der Waals surface area contributed by atoms with E-state index in [0.717, 1.165) is 24.5 Å². The molecule has 0 aromatic carbocycles. The Kier molecular flexibility index (Phi) is 4.97. The van der Waals surface area contributed by atoms with Gasteiger partial charge in [-0.2, -0.15) is 0 Å². The summed E-state index contributed by atoms with van der Waals surface area (Å²) >= 11 is 0. The summed E-state index contributed by atoms with van der Waals surface area (Å²) in [4.78, 5) is 26.8. The summed E-state index contributed by atoms with van der Waals surface area (Å²) in [6, 6.07) is 1.85. The maximum atomic E-state index is 12.4. The molecule has 0 bridgehead atoms. The molecule has 1 aliphatic rings. The van der Waals surface area contributed by atoms with Gasteiger partial charge in [0.05, 0.1) is 25.2 Å². The Morgan fingerprint density at radius 1 is 1.43 bits per heavy atom. The summed E-state index contributed by atoms with van der Waals surface area (Å²) < 4.78 is 7.75. The summed E-state index contributed by atoms with van der Waals surface area (Å²) in [7, 11) is 0. The van der Waals surface area contributed by atoms with Crippen molar-refractivity contribution >= 4 is 5.91 Å². The molecule has 1 aliphatic heterocycles. The predicted octanol–water partition coefficient (Wildman–Crippen LogP) is 1.36. The molecular formula is C16H21N5O2. The second-order valence-corrected chi connectivity index (χ2v) is 5.63. The smallest absolute Gasteiger partial charge is 0.222 e. The monoisotopic (exact) mass is 315 g/mol. The van der Waals surface area contributed by atoms with Gasteiger partial charge in [0.2, 0.25) is 5.91 Å². The molecule has 1 amide bonds. The van der Waals surface area contributed by atoms with Crippen LogP contribution in [0.15, 0.2) is 31.0 Å². The largest absolute Gasteiger partial charge is 0.368 e. The number of hydrogen-bond donors (Lipinski definition) is 0. The van der Waals surface area contributed by atoms with Crippen LogP contribution in [-0.2, 0) is 16.1 Å². The van der Waals surface area contributed by atoms with E-state index in [9.17, 15) is 4.79 Å². The number of nitrogens with zero attached hydrogens (tertiary/aromatic N) is 5. The first kappa shape index (κ1) is 15.6. The van der Waals surface area contributed by atoms with Gasteiger partial charge in [-0.25, -0.2) is 15.0 Å². The first-order chi connectivity index (χ1) is 11.2. The van der Waals surface area contributed by atoms with Crippen LogP contribution in [0.4, 0.5) is 0 Å². The topological polar surface area (TPSA) is 73.1 Å². The molecule has 0 unspecified atom stereocenters. The second kappa shape index (κ2) is 7.32. The molecule has 7 heteroatoms. The van der Waals surface area contributed by atoms with Gasteiger partial charge in [-0.05, 0) is 19.4 Å². The van der Waals surface area contributed by atoms with Gasteiger partial charge < -0.3 is 14.2 Å². The molecule has 2 aromatic heterocycles. The van der Waals surface area contributed by atoms with E-state index in [4.69, 9.17) is 4.74 Å². The van der Waals surface area contributed by atoms with E-state index in [1.54, 1.807) is 18.7 Å². The molecule has 0 radical (unpaired) electrons. The number of amides is 1. The van der Waals surface area contributed by atoms with Crippen LogP contribution in [0.3, 0.4) is 0 Å². The molecule has 0 saturated carbocycles. The van der Waals surface area contributed by atoms with Crippen molar-refractivity contribution in [2.24, 2.45) is 0 Å². The number of aryl methyl sites for hydroxylation is 2. The van der Waals surface area contributed by atoms with Gasteiger partial charge in [0.1, 0.15) is 11.9 Å². The van der Waals surface area contributed by atoms with E-state index in [0.29, 0.717) is 26.1 Å². The summed E-state index contributed by atoms with van der Waals surface area (Å²) in [5.41, 5.74) is 0.841. The minimum absolute atomic E-state index is 0.164. The Morgan fingerprint density at radius 2 is 2.35 bits per heavy atom. The van der Waals surface area contributed by atoms with Crippen LogP contribution in [0.5, 0.6) is 0 Å². The number of hydrogen-bond acceptors (Lipinski definition) is 5. The van der Waals surface area contributed by atoms with Gasteiger partial charge in [-0.15, -0.1) is 0 Å². The van der Waals surface area contributed by atoms with E-state index in [2.05, 4.69) is 15.0 Å². The van der Waals surface area contributed by atoms with E-state index in [1.165, 1.54) is 0 Å². The number of ether oxygens (including phenoxy) is 1. The normalized spacial score (nSPS) is 18.1. The molecule has 1 fully saturated rings. The van der Waals surface area contributed by atoms with Gasteiger partial charge in [-0.3, -0.25) is 4.79 Å². The van der Waals surface area contributed by atoms with Crippen molar-refractivity contribution in [3.8, 4) is 0 Å². The lowest BCUT2D eigenvalue weighted by Gasteiger charge is -2.32. The maximum Gasteiger partial charge on any atom is 0.222 e. The Morgan fingerprint density at radius 3 is 3.13 bits per heavy atom. The van der Waals surface area contributed by atoms with E-state index >= 15 is 0 Å². The highest BCUT2D eigenvalue weighted by Crippen LogP contribution is 2.21. The quantitative estimate of drug-likeness (QED) is 0.833. The lowest BCUT2D eigenvalue weighted by molar-refractivity contribution is -0.139. The van der Waals surface area contributed by atoms with Crippen LogP contribution in [-0.4, -0.2) is 50.0 Å². The molecule has 2 aromatic rings. The first-order valence-electron chi connectivity index (χ1n) is 7.87. The molecule has 23 heavy (non-hydrogen) atoms. The Labute approximate surface area is 135 Å². The molecule has 0 spiro atoms. The fraction of sp³-hybridized carbons (Fsp3) is 0.500. The zero-order chi connectivity index (χ0) is 16.1. The molecule has 0 aliphatic carbocycles. The third-order valence-corrected chi connectivity index (χ3v) is 3.91. The van der Waals surface area contributed by atoms with Gasteiger partial charge in [-0.1, -0.05) is 0 Å². The minimum atomic E-state index is -0.164. The molecular weight excluding hydrogens is 294 g/mol. The molecule has 0 N–H and O–H groups in total. The summed E-state index contributed by atoms with van der Waals surface area (Å²) in [5, 5.41) is 0. The minimum Gasteiger partial charge on any atom is -0.368 e. The van der Waals surface area contributed by atoms with Gasteiger partial charge in [0.15, 0.2) is 0 Å². The van der Waals surface area contributed by atoms with Crippen LogP contribution in [0.1, 0.15) is 30.5 Å². The fourth-order valence-corrected chi connectivity index (χ4v) is 2.70.